The van der Waals surface area contributed by atoms with Gasteiger partial charge >= 0.3 is 13.8 Å². The Balaban J connectivity index is 1.70. The quantitative estimate of drug-likeness (QED) is 0.103. The molecule has 14 nitrogen and oxygen atoms in total. The summed E-state index contributed by atoms with van der Waals surface area (Å²) >= 11 is 0. The minimum absolute atomic E-state index is 0.0181. The zero-order valence-corrected chi connectivity index (χ0v) is 43.6. The first-order valence-corrected chi connectivity index (χ1v) is 26.9. The zero-order valence-electron chi connectivity index (χ0n) is 42.7. The van der Waals surface area contributed by atoms with Crippen LogP contribution < -0.4 is 0 Å². The summed E-state index contributed by atoms with van der Waals surface area (Å²) in [5.41, 5.74) is 1.27. The lowest BCUT2D eigenvalue weighted by molar-refractivity contribution is -0.265. The minimum atomic E-state index is -2.43. The molecule has 4 aliphatic rings. The van der Waals surface area contributed by atoms with Gasteiger partial charge in [-0.1, -0.05) is 75.6 Å². The summed E-state index contributed by atoms with van der Waals surface area (Å²) in [6.45, 7) is 14.5. The van der Waals surface area contributed by atoms with Gasteiger partial charge in [0.15, 0.2) is 11.9 Å². The van der Waals surface area contributed by atoms with Crippen molar-refractivity contribution in [3.8, 4) is 0 Å². The van der Waals surface area contributed by atoms with Crippen molar-refractivity contribution in [1.29, 1.82) is 0 Å². The van der Waals surface area contributed by atoms with Crippen LogP contribution in [0.5, 0.6) is 0 Å². The van der Waals surface area contributed by atoms with Crippen LogP contribution in [0.1, 0.15) is 126 Å². The van der Waals surface area contributed by atoms with Gasteiger partial charge in [-0.05, 0) is 107 Å². The highest BCUT2D eigenvalue weighted by Crippen LogP contribution is 2.40. The minimum Gasteiger partial charge on any atom is -0.460 e. The van der Waals surface area contributed by atoms with Crippen molar-refractivity contribution in [1.82, 2.24) is 4.90 Å². The molecule has 0 aromatic rings. The van der Waals surface area contributed by atoms with Gasteiger partial charge in [0.25, 0.3) is 11.7 Å². The van der Waals surface area contributed by atoms with Crippen LogP contribution in [0, 0.1) is 41.4 Å². The monoisotopic (exact) mass is 973 g/mol. The Bertz CT molecular complexity index is 1880. The van der Waals surface area contributed by atoms with E-state index in [1.54, 1.807) is 47.7 Å². The molecule has 3 fully saturated rings. The number of aliphatic hydroxyl groups excluding tert-OH is 1. The van der Waals surface area contributed by atoms with E-state index in [1.807, 2.05) is 58.1 Å². The number of aliphatic hydroxyl groups is 2. The molecule has 2 bridgehead atoms. The van der Waals surface area contributed by atoms with Crippen LogP contribution in [-0.4, -0.2) is 133 Å². The molecule has 382 valence electrons. The standard InChI is InChI=1S/C53H83NO13P/c1-32-17-13-12-14-18-33(2)44(63-8)29-41-23-20-38(7)53(61,67-41)50(58)51(59)54-24-16-15-19-42(54)52(60)66-45(35(4)27-39-21-22-40(31-68(11)62)46(28-39)64-9)30-43(55)34(3)26-37(6)48(57)49(65-10)47(56)36(5)25-32/h12-14,17-18,26,32,34-36,38-42,44-46,48-49,57,61H,15-16,19-25,27-31H2,1-11H3/q+1/b14-12+,17-13+,33-18+,37-26+/t32-,34-,35-,36-,38-,39+,40?,41?,42?,44+,45+,46-,48-,49+,53-/m1/s1. The number of rotatable bonds is 8. The third-order valence-electron chi connectivity index (χ3n) is 15.1. The summed E-state index contributed by atoms with van der Waals surface area (Å²) in [6, 6.07) is -1.14. The average Bonchev–Trinajstić information content (AvgIpc) is 3.30. The van der Waals surface area contributed by atoms with Crippen molar-refractivity contribution in [3.05, 3.63) is 47.6 Å². The maximum atomic E-state index is 14.5. The zero-order chi connectivity index (χ0) is 50.5. The predicted molar refractivity (Wildman–Crippen MR) is 261 cm³/mol. The van der Waals surface area contributed by atoms with E-state index in [0.717, 1.165) is 24.8 Å². The summed E-state index contributed by atoms with van der Waals surface area (Å²) in [5.74, 6) is -7.68. The van der Waals surface area contributed by atoms with Crippen molar-refractivity contribution >= 4 is 37.0 Å². The number of carbonyl (C=O) groups excluding carboxylic acids is 5. The highest BCUT2D eigenvalue weighted by molar-refractivity contribution is 7.43. The lowest BCUT2D eigenvalue weighted by Gasteiger charge is -2.42. The Morgan fingerprint density at radius 3 is 2.26 bits per heavy atom. The second-order valence-electron chi connectivity index (χ2n) is 20.6. The van der Waals surface area contributed by atoms with Gasteiger partial charge in [-0.2, -0.15) is 0 Å². The Hall–Kier alpha value is -3.23. The van der Waals surface area contributed by atoms with E-state index in [9.17, 15) is 38.8 Å². The fourth-order valence-electron chi connectivity index (χ4n) is 10.8. The maximum absolute atomic E-state index is 14.5. The van der Waals surface area contributed by atoms with E-state index in [2.05, 4.69) is 0 Å². The summed E-state index contributed by atoms with van der Waals surface area (Å²) in [7, 11) is 3.30. The molecular formula is C53H83NO13P+. The van der Waals surface area contributed by atoms with E-state index >= 15 is 0 Å². The fourth-order valence-corrected chi connectivity index (χ4v) is 11.8. The second-order valence-corrected chi connectivity index (χ2v) is 22.2. The van der Waals surface area contributed by atoms with Gasteiger partial charge < -0.3 is 38.8 Å². The van der Waals surface area contributed by atoms with Crippen LogP contribution >= 0.6 is 7.80 Å². The number of Topliss-reactive ketones (excluding diaryl/α,β-unsaturated/α-hetero) is 3. The van der Waals surface area contributed by atoms with Crippen LogP contribution in [0.4, 0.5) is 0 Å². The summed E-state index contributed by atoms with van der Waals surface area (Å²) in [5, 5.41) is 23.5. The number of allylic oxidation sites excluding steroid dienone is 6. The normalized spacial score (nSPS) is 39.4. The third kappa shape index (κ3) is 15.4. The second kappa shape index (κ2) is 26.8. The SMILES string of the molecule is CO[C@H]1CC2CC[C@@H](C)[C@@](O)(O2)C(=O)C(=O)N2CCCCC2C(=O)O[C@H]([C@H](C)C[C@@H]2CCC(C[P+](C)=O)[C@H](OC)C2)CC(=O)[C@H](C)/C=C(\C)[C@@H](O)[C@@H](OC)C(=O)[C@H](C)C[C@H](C)/C=C/C=C/C=C/1C. The van der Waals surface area contributed by atoms with Gasteiger partial charge in [0, 0.05) is 64.4 Å². The number of esters is 1. The van der Waals surface area contributed by atoms with Crippen LogP contribution in [0.3, 0.4) is 0 Å². The molecule has 2 saturated heterocycles. The summed E-state index contributed by atoms with van der Waals surface area (Å²) in [4.78, 5) is 72.2. The maximum Gasteiger partial charge on any atom is 0.335 e. The third-order valence-corrected chi connectivity index (χ3v) is 16.1. The molecular weight excluding hydrogens is 890 g/mol. The van der Waals surface area contributed by atoms with Crippen molar-refractivity contribution < 1.29 is 62.4 Å². The van der Waals surface area contributed by atoms with Crippen LogP contribution in [0.15, 0.2) is 47.6 Å². The van der Waals surface area contributed by atoms with Gasteiger partial charge in [0.1, 0.15) is 36.8 Å². The molecule has 0 aromatic carbocycles. The lowest BCUT2D eigenvalue weighted by Crippen LogP contribution is -2.61. The number of ketones is 3. The smallest absolute Gasteiger partial charge is 0.335 e. The van der Waals surface area contributed by atoms with Gasteiger partial charge in [0.2, 0.25) is 5.79 Å². The molecule has 4 rings (SSSR count). The number of cyclic esters (lactones) is 1. The number of fused-ring (bicyclic) bond motifs is 3. The molecule has 3 heterocycles. The van der Waals surface area contributed by atoms with E-state index in [0.29, 0.717) is 56.7 Å². The molecule has 3 aliphatic heterocycles. The van der Waals surface area contributed by atoms with E-state index < -0.39 is 85.6 Å². The molecule has 1 aliphatic carbocycles. The first-order valence-electron chi connectivity index (χ1n) is 25.0. The Morgan fingerprint density at radius 2 is 1.60 bits per heavy atom. The first-order chi connectivity index (χ1) is 32.1. The highest BCUT2D eigenvalue weighted by Gasteiger charge is 2.53. The average molecular weight is 973 g/mol. The summed E-state index contributed by atoms with van der Waals surface area (Å²) < 4.78 is 42.0. The first kappa shape index (κ1) is 57.3. The molecule has 1 saturated carbocycles. The molecule has 0 spiro atoms. The van der Waals surface area contributed by atoms with E-state index in [4.69, 9.17) is 23.7 Å². The van der Waals surface area contributed by atoms with Crippen LogP contribution in [-0.2, 0) is 52.2 Å². The molecule has 15 heteroatoms. The summed E-state index contributed by atoms with van der Waals surface area (Å²) in [6.07, 6.45) is 13.3. The molecule has 0 radical (unpaired) electrons. The van der Waals surface area contributed by atoms with Gasteiger partial charge in [-0.15, -0.1) is 0 Å². The highest BCUT2D eigenvalue weighted by atomic mass is 31.1. The van der Waals surface area contributed by atoms with Crippen molar-refractivity contribution in [2.75, 3.05) is 40.7 Å². The number of piperidine rings is 1. The number of hydrogen-bond acceptors (Lipinski definition) is 13. The number of hydrogen-bond donors (Lipinski definition) is 2. The van der Waals surface area contributed by atoms with Gasteiger partial charge in [-0.25, -0.2) is 4.79 Å². The van der Waals surface area contributed by atoms with Gasteiger partial charge in [-0.3, -0.25) is 19.2 Å². The van der Waals surface area contributed by atoms with E-state index in [-0.39, 0.29) is 60.7 Å². The molecule has 0 aromatic heterocycles. The number of nitrogens with zero attached hydrogens (tertiary/aromatic N) is 1. The Morgan fingerprint density at radius 1 is 0.882 bits per heavy atom. The Kier molecular flexibility index (Phi) is 22.6. The predicted octanol–water partition coefficient (Wildman–Crippen LogP) is 7.89. The molecule has 1 amide bonds. The van der Waals surface area contributed by atoms with Crippen molar-refractivity contribution in [2.24, 2.45) is 41.4 Å². The lowest BCUT2D eigenvalue weighted by atomic mass is 9.75. The van der Waals surface area contributed by atoms with Gasteiger partial charge in [0.05, 0.1) is 18.3 Å². The fraction of sp³-hybridized carbons (Fsp3) is 0.755. The number of ether oxygens (including phenoxy) is 5. The molecule has 2 N–H and O–H groups in total. The van der Waals surface area contributed by atoms with Crippen molar-refractivity contribution in [3.63, 3.8) is 0 Å². The molecule has 4 unspecified atom stereocenters. The Labute approximate surface area is 406 Å². The largest absolute Gasteiger partial charge is 0.460 e. The topological polar surface area (TPSA) is 192 Å². The van der Waals surface area contributed by atoms with Crippen molar-refractivity contribution in [2.45, 2.75) is 174 Å². The van der Waals surface area contributed by atoms with E-state index in [1.165, 1.54) is 12.0 Å². The van der Waals surface area contributed by atoms with Crippen LogP contribution in [0.25, 0.3) is 0 Å². The molecule has 16 atom stereocenters. The molecule has 68 heavy (non-hydrogen) atoms. The number of carbonyl (C=O) groups is 5. The van der Waals surface area contributed by atoms with Crippen LogP contribution in [0.2, 0.25) is 0 Å². The number of amides is 1. The number of methoxy groups -OCH3 is 3.